The van der Waals surface area contributed by atoms with Crippen molar-refractivity contribution < 1.29 is 27.5 Å². The molecule has 0 bridgehead atoms. The number of fused-ring (bicyclic) bond motifs is 1. The molecule has 12 heteroatoms. The SMILES string of the molecule is Cc1nnc(CNC(=O)C(NC(=O)n2nc(-c3ccc(F)c(F)c3)c3c2CCOC3)C(C)(C)C)o1. The molecule has 2 aromatic heterocycles. The summed E-state index contributed by atoms with van der Waals surface area (Å²) >= 11 is 0. The predicted molar refractivity (Wildman–Crippen MR) is 119 cm³/mol. The van der Waals surface area contributed by atoms with Crippen molar-refractivity contribution in [3.05, 3.63) is 52.9 Å². The fraction of sp³-hybridized carbons (Fsp3) is 0.435. The minimum Gasteiger partial charge on any atom is -0.424 e. The normalized spacial score (nSPS) is 14.3. The van der Waals surface area contributed by atoms with E-state index < -0.39 is 35.0 Å². The van der Waals surface area contributed by atoms with Crippen molar-refractivity contribution in [3.63, 3.8) is 0 Å². The van der Waals surface area contributed by atoms with Crippen LogP contribution in [0.25, 0.3) is 11.3 Å². The Morgan fingerprint density at radius 1 is 1.20 bits per heavy atom. The van der Waals surface area contributed by atoms with Gasteiger partial charge in [-0.1, -0.05) is 20.8 Å². The molecule has 0 saturated carbocycles. The number of aromatic nitrogens is 4. The zero-order valence-electron chi connectivity index (χ0n) is 19.8. The molecular formula is C23H26F2N6O4. The first-order valence-electron chi connectivity index (χ1n) is 11.1. The van der Waals surface area contributed by atoms with Crippen molar-refractivity contribution in [2.45, 2.75) is 53.3 Å². The van der Waals surface area contributed by atoms with Gasteiger partial charge in [-0.25, -0.2) is 13.6 Å². The molecule has 0 aliphatic carbocycles. The van der Waals surface area contributed by atoms with Gasteiger partial charge in [-0.15, -0.1) is 10.2 Å². The van der Waals surface area contributed by atoms with Crippen LogP contribution in [0.15, 0.2) is 22.6 Å². The molecule has 186 valence electrons. The number of carbonyl (C=O) groups excluding carboxylic acids is 2. The van der Waals surface area contributed by atoms with E-state index in [1.165, 1.54) is 10.7 Å². The third-order valence-electron chi connectivity index (χ3n) is 5.58. The van der Waals surface area contributed by atoms with E-state index in [9.17, 15) is 18.4 Å². The first-order valence-corrected chi connectivity index (χ1v) is 11.1. The summed E-state index contributed by atoms with van der Waals surface area (Å²) in [5, 5.41) is 17.4. The molecule has 0 fully saturated rings. The zero-order chi connectivity index (χ0) is 25.3. The largest absolute Gasteiger partial charge is 0.424 e. The molecule has 2 amide bonds. The zero-order valence-corrected chi connectivity index (χ0v) is 19.8. The smallest absolute Gasteiger partial charge is 0.343 e. The van der Waals surface area contributed by atoms with Crippen LogP contribution < -0.4 is 10.6 Å². The molecule has 2 N–H and O–H groups in total. The Bertz CT molecular complexity index is 1260. The Kier molecular flexibility index (Phi) is 6.66. The first-order chi connectivity index (χ1) is 16.5. The molecule has 1 aromatic carbocycles. The Morgan fingerprint density at radius 2 is 1.97 bits per heavy atom. The number of benzene rings is 1. The molecule has 1 aliphatic heterocycles. The fourth-order valence-electron chi connectivity index (χ4n) is 3.81. The van der Waals surface area contributed by atoms with Crippen LogP contribution in [0.3, 0.4) is 0 Å². The van der Waals surface area contributed by atoms with Crippen molar-refractivity contribution in [1.29, 1.82) is 0 Å². The second kappa shape index (κ2) is 9.53. The number of amides is 2. The van der Waals surface area contributed by atoms with Gasteiger partial charge >= 0.3 is 6.03 Å². The molecule has 3 heterocycles. The van der Waals surface area contributed by atoms with Crippen LogP contribution in [0.4, 0.5) is 13.6 Å². The lowest BCUT2D eigenvalue weighted by molar-refractivity contribution is -0.125. The first kappa shape index (κ1) is 24.5. The highest BCUT2D eigenvalue weighted by Gasteiger charge is 2.35. The molecule has 1 aliphatic rings. The highest BCUT2D eigenvalue weighted by molar-refractivity contribution is 5.88. The summed E-state index contributed by atoms with van der Waals surface area (Å²) in [6, 6.07) is 1.87. The van der Waals surface area contributed by atoms with Gasteiger partial charge in [0.2, 0.25) is 17.7 Å². The predicted octanol–water partition coefficient (Wildman–Crippen LogP) is 2.88. The number of nitrogens with zero attached hydrogens (tertiary/aromatic N) is 4. The minimum atomic E-state index is -1.02. The van der Waals surface area contributed by atoms with Crippen LogP contribution in [0.1, 0.15) is 43.8 Å². The summed E-state index contributed by atoms with van der Waals surface area (Å²) in [5.74, 6) is -1.82. The number of hydrogen-bond donors (Lipinski definition) is 2. The van der Waals surface area contributed by atoms with Crippen molar-refractivity contribution in [1.82, 2.24) is 30.6 Å². The third kappa shape index (κ3) is 5.21. The van der Waals surface area contributed by atoms with Gasteiger partial charge in [0, 0.05) is 24.5 Å². The molecule has 3 aromatic rings. The Balaban J connectivity index is 1.59. The highest BCUT2D eigenvalue weighted by atomic mass is 19.2. The maximum absolute atomic E-state index is 13.9. The van der Waals surface area contributed by atoms with Crippen molar-refractivity contribution in [2.75, 3.05) is 6.61 Å². The van der Waals surface area contributed by atoms with Crippen LogP contribution in [0, 0.1) is 24.0 Å². The number of nitrogens with one attached hydrogen (secondary N) is 2. The van der Waals surface area contributed by atoms with Gasteiger partial charge in [0.15, 0.2) is 11.6 Å². The minimum absolute atomic E-state index is 0.0108. The molecule has 0 radical (unpaired) electrons. The quantitative estimate of drug-likeness (QED) is 0.566. The van der Waals surface area contributed by atoms with Crippen LogP contribution >= 0.6 is 0 Å². The van der Waals surface area contributed by atoms with E-state index in [0.29, 0.717) is 41.4 Å². The molecule has 0 spiro atoms. The molecule has 0 saturated heterocycles. The maximum Gasteiger partial charge on any atom is 0.343 e. The van der Waals surface area contributed by atoms with Crippen LogP contribution in [-0.2, 0) is 29.1 Å². The number of hydrogen-bond acceptors (Lipinski definition) is 7. The van der Waals surface area contributed by atoms with E-state index in [2.05, 4.69) is 25.9 Å². The van der Waals surface area contributed by atoms with Gasteiger partial charge in [0.05, 0.1) is 31.1 Å². The second-order valence-corrected chi connectivity index (χ2v) is 9.30. The number of carbonyl (C=O) groups is 2. The van der Waals surface area contributed by atoms with E-state index in [1.54, 1.807) is 6.92 Å². The Morgan fingerprint density at radius 3 is 2.63 bits per heavy atom. The molecule has 4 rings (SSSR count). The Hall–Kier alpha value is -3.67. The average molecular weight is 488 g/mol. The van der Waals surface area contributed by atoms with Gasteiger partial charge in [-0.3, -0.25) is 4.79 Å². The lowest BCUT2D eigenvalue weighted by Crippen LogP contribution is -2.54. The average Bonchev–Trinajstić information content (AvgIpc) is 3.40. The summed E-state index contributed by atoms with van der Waals surface area (Å²) in [6.45, 7) is 7.63. The van der Waals surface area contributed by atoms with Gasteiger partial charge in [-0.2, -0.15) is 9.78 Å². The summed E-state index contributed by atoms with van der Waals surface area (Å²) in [5.41, 5.74) is 1.18. The van der Waals surface area contributed by atoms with Crippen LogP contribution in [-0.4, -0.2) is 44.6 Å². The highest BCUT2D eigenvalue weighted by Crippen LogP contribution is 2.30. The van der Waals surface area contributed by atoms with Crippen molar-refractivity contribution in [2.24, 2.45) is 5.41 Å². The third-order valence-corrected chi connectivity index (χ3v) is 5.58. The lowest BCUT2D eigenvalue weighted by Gasteiger charge is -2.30. The van der Waals surface area contributed by atoms with Crippen LogP contribution in [0.5, 0.6) is 0 Å². The lowest BCUT2D eigenvalue weighted by atomic mass is 9.86. The Labute approximate surface area is 200 Å². The summed E-state index contributed by atoms with van der Waals surface area (Å²) in [7, 11) is 0. The summed E-state index contributed by atoms with van der Waals surface area (Å²) in [4.78, 5) is 26.3. The molecule has 1 atom stereocenters. The number of halogens is 2. The number of rotatable bonds is 5. The molecule has 10 nitrogen and oxygen atoms in total. The molecular weight excluding hydrogens is 462 g/mol. The summed E-state index contributed by atoms with van der Waals surface area (Å²) in [6.07, 6.45) is 0.391. The van der Waals surface area contributed by atoms with Gasteiger partial charge in [-0.05, 0) is 23.6 Å². The van der Waals surface area contributed by atoms with E-state index in [0.717, 1.165) is 12.1 Å². The van der Waals surface area contributed by atoms with E-state index in [4.69, 9.17) is 9.15 Å². The summed E-state index contributed by atoms with van der Waals surface area (Å²) < 4.78 is 39.3. The second-order valence-electron chi connectivity index (χ2n) is 9.30. The topological polar surface area (TPSA) is 124 Å². The monoisotopic (exact) mass is 488 g/mol. The van der Waals surface area contributed by atoms with Crippen molar-refractivity contribution in [3.8, 4) is 11.3 Å². The van der Waals surface area contributed by atoms with Crippen LogP contribution in [0.2, 0.25) is 0 Å². The molecule has 1 unspecified atom stereocenters. The fourth-order valence-corrected chi connectivity index (χ4v) is 3.81. The maximum atomic E-state index is 13.9. The van der Waals surface area contributed by atoms with E-state index in [1.807, 2.05) is 20.8 Å². The number of aryl methyl sites for hydroxylation is 1. The standard InChI is InChI=1S/C23H26F2N6O4/c1-12-28-29-18(35-12)10-26-21(32)20(23(2,3)4)27-22(33)31-17-7-8-34-11-14(17)19(30-31)13-5-6-15(24)16(25)9-13/h5-6,9,20H,7-8,10-11H2,1-4H3,(H,26,32)(H,27,33). The van der Waals surface area contributed by atoms with Gasteiger partial charge < -0.3 is 19.8 Å². The van der Waals surface area contributed by atoms with E-state index in [-0.39, 0.29) is 19.0 Å². The number of ether oxygens (including phenoxy) is 1. The molecule has 35 heavy (non-hydrogen) atoms. The van der Waals surface area contributed by atoms with E-state index >= 15 is 0 Å². The van der Waals surface area contributed by atoms with Crippen molar-refractivity contribution >= 4 is 11.9 Å². The van der Waals surface area contributed by atoms with Gasteiger partial charge in [0.25, 0.3) is 0 Å². The van der Waals surface area contributed by atoms with Gasteiger partial charge in [0.1, 0.15) is 6.04 Å².